The van der Waals surface area contributed by atoms with E-state index in [1.54, 1.807) is 11.8 Å². The van der Waals surface area contributed by atoms with Crippen molar-refractivity contribution in [2.75, 3.05) is 17.6 Å². The van der Waals surface area contributed by atoms with E-state index < -0.39 is 0 Å². The number of nitrogens with one attached hydrogen (secondary N) is 1. The molecule has 1 aliphatic rings. The first-order chi connectivity index (χ1) is 7.65. The lowest BCUT2D eigenvalue weighted by Crippen LogP contribution is -2.18. The molecule has 1 aromatic carbocycles. The maximum Gasteiger partial charge on any atom is 0.161 e. The summed E-state index contributed by atoms with van der Waals surface area (Å²) in [6, 6.07) is 5.75. The van der Waals surface area contributed by atoms with Gasteiger partial charge in [0.05, 0.1) is 10.7 Å². The van der Waals surface area contributed by atoms with Crippen LogP contribution in [0.4, 0.5) is 5.69 Å². The lowest BCUT2D eigenvalue weighted by molar-refractivity contribution is 0.674. The number of anilines is 1. The molecule has 1 N–H and O–H groups in total. The monoisotopic (exact) mass is 318 g/mol. The van der Waals surface area contributed by atoms with Crippen molar-refractivity contribution in [1.29, 1.82) is 0 Å². The van der Waals surface area contributed by atoms with Crippen molar-refractivity contribution in [2.45, 2.75) is 6.92 Å². The van der Waals surface area contributed by atoms with Crippen LogP contribution < -0.4 is 5.32 Å². The molecule has 16 heavy (non-hydrogen) atoms. The Balaban J connectivity index is 2.12. The predicted molar refractivity (Wildman–Crippen MR) is 76.7 cm³/mol. The summed E-state index contributed by atoms with van der Waals surface area (Å²) < 4.78 is 1.01. The third-order valence-corrected chi connectivity index (χ3v) is 4.28. The van der Waals surface area contributed by atoms with Crippen LogP contribution in [0, 0.1) is 5.92 Å². The first-order valence-electron chi connectivity index (χ1n) is 5.04. The summed E-state index contributed by atoms with van der Waals surface area (Å²) in [6.45, 7) is 3.10. The zero-order chi connectivity index (χ0) is 11.5. The van der Waals surface area contributed by atoms with Gasteiger partial charge in [0.15, 0.2) is 5.17 Å². The number of hydrogen-bond acceptors (Lipinski definition) is 3. The highest BCUT2D eigenvalue weighted by Gasteiger charge is 2.13. The number of rotatable bonds is 1. The molecule has 86 valence electrons. The highest BCUT2D eigenvalue weighted by atomic mass is 79.9. The number of amidine groups is 1. The molecule has 1 aromatic rings. The predicted octanol–water partition coefficient (Wildman–Crippen LogP) is 4.25. The van der Waals surface area contributed by atoms with Gasteiger partial charge in [-0.2, -0.15) is 0 Å². The van der Waals surface area contributed by atoms with Gasteiger partial charge in [-0.05, 0) is 24.1 Å². The molecule has 0 bridgehead atoms. The van der Waals surface area contributed by atoms with Crippen LogP contribution in [0.2, 0.25) is 5.02 Å². The summed E-state index contributed by atoms with van der Waals surface area (Å²) in [6.07, 6.45) is 0. The van der Waals surface area contributed by atoms with Gasteiger partial charge in [-0.3, -0.25) is 4.99 Å². The topological polar surface area (TPSA) is 24.4 Å². The van der Waals surface area contributed by atoms with Crippen LogP contribution in [0.25, 0.3) is 0 Å². The SMILES string of the molecule is CC1CN=C(Nc2cc(Br)ccc2Cl)SC1. The van der Waals surface area contributed by atoms with Crippen LogP contribution in [-0.2, 0) is 0 Å². The molecule has 0 fully saturated rings. The van der Waals surface area contributed by atoms with Gasteiger partial charge in [0.1, 0.15) is 0 Å². The summed E-state index contributed by atoms with van der Waals surface area (Å²) in [4.78, 5) is 4.47. The fourth-order valence-electron chi connectivity index (χ4n) is 1.34. The highest BCUT2D eigenvalue weighted by Crippen LogP contribution is 2.27. The van der Waals surface area contributed by atoms with E-state index in [4.69, 9.17) is 11.6 Å². The van der Waals surface area contributed by atoms with Crippen LogP contribution in [0.3, 0.4) is 0 Å². The van der Waals surface area contributed by atoms with Crippen molar-refractivity contribution in [3.63, 3.8) is 0 Å². The number of benzene rings is 1. The van der Waals surface area contributed by atoms with Gasteiger partial charge in [-0.15, -0.1) is 0 Å². The molecule has 0 amide bonds. The quantitative estimate of drug-likeness (QED) is 0.836. The van der Waals surface area contributed by atoms with Crippen molar-refractivity contribution in [2.24, 2.45) is 10.9 Å². The standard InChI is InChI=1S/C11H12BrClN2S/c1-7-5-14-11(16-6-7)15-10-4-8(12)2-3-9(10)13/h2-4,7H,5-6H2,1H3,(H,14,15). The third-order valence-electron chi connectivity index (χ3n) is 2.22. The molecule has 1 unspecified atom stereocenters. The van der Waals surface area contributed by atoms with Crippen molar-refractivity contribution >= 4 is 50.1 Å². The first-order valence-corrected chi connectivity index (χ1v) is 7.20. The fourth-order valence-corrected chi connectivity index (χ4v) is 2.76. The average molecular weight is 320 g/mol. The van der Waals surface area contributed by atoms with Gasteiger partial charge in [-0.25, -0.2) is 0 Å². The van der Waals surface area contributed by atoms with E-state index >= 15 is 0 Å². The number of halogens is 2. The molecule has 0 aliphatic carbocycles. The summed E-state index contributed by atoms with van der Waals surface area (Å²) in [5.41, 5.74) is 0.900. The molecule has 2 nitrogen and oxygen atoms in total. The molecule has 0 aromatic heterocycles. The maximum absolute atomic E-state index is 6.10. The highest BCUT2D eigenvalue weighted by molar-refractivity contribution is 9.10. The number of nitrogens with zero attached hydrogens (tertiary/aromatic N) is 1. The van der Waals surface area contributed by atoms with Crippen molar-refractivity contribution in [3.05, 3.63) is 27.7 Å². The molecule has 1 heterocycles. The summed E-state index contributed by atoms with van der Waals surface area (Å²) in [7, 11) is 0. The minimum Gasteiger partial charge on any atom is -0.334 e. The third kappa shape index (κ3) is 3.15. The normalized spacial score (nSPS) is 20.4. The second-order valence-corrected chi connectivity index (χ2v) is 6.14. The summed E-state index contributed by atoms with van der Waals surface area (Å²) in [5.74, 6) is 1.77. The van der Waals surface area contributed by atoms with E-state index in [0.717, 1.165) is 27.6 Å². The zero-order valence-electron chi connectivity index (χ0n) is 8.84. The Morgan fingerprint density at radius 3 is 3.06 bits per heavy atom. The van der Waals surface area contributed by atoms with Crippen LogP contribution in [0.1, 0.15) is 6.92 Å². The Labute approximate surface area is 113 Å². The molecule has 2 rings (SSSR count). The van der Waals surface area contributed by atoms with Crippen LogP contribution >= 0.6 is 39.3 Å². The molecule has 1 aliphatic heterocycles. The molecule has 0 spiro atoms. The Morgan fingerprint density at radius 2 is 2.38 bits per heavy atom. The number of aliphatic imine (C=N–C) groups is 1. The van der Waals surface area contributed by atoms with Gasteiger partial charge in [-0.1, -0.05) is 46.2 Å². The van der Waals surface area contributed by atoms with Gasteiger partial charge in [0, 0.05) is 16.8 Å². The van der Waals surface area contributed by atoms with Crippen molar-refractivity contribution < 1.29 is 0 Å². The second kappa shape index (κ2) is 5.43. The average Bonchev–Trinajstić information content (AvgIpc) is 2.27. The minimum atomic E-state index is 0.661. The molecule has 0 saturated heterocycles. The Morgan fingerprint density at radius 1 is 1.56 bits per heavy atom. The van der Waals surface area contributed by atoms with Gasteiger partial charge < -0.3 is 5.32 Å². The zero-order valence-corrected chi connectivity index (χ0v) is 12.0. The second-order valence-electron chi connectivity index (χ2n) is 3.81. The number of hydrogen-bond donors (Lipinski definition) is 1. The largest absolute Gasteiger partial charge is 0.334 e. The Hall–Kier alpha value is -0.190. The minimum absolute atomic E-state index is 0.661. The summed E-state index contributed by atoms with van der Waals surface area (Å²) >= 11 is 11.3. The molecule has 5 heteroatoms. The van der Waals surface area contributed by atoms with Crippen LogP contribution in [-0.4, -0.2) is 17.5 Å². The molecule has 1 atom stereocenters. The van der Waals surface area contributed by atoms with Gasteiger partial charge >= 0.3 is 0 Å². The van der Waals surface area contributed by atoms with Crippen molar-refractivity contribution in [1.82, 2.24) is 0 Å². The molecular formula is C11H12BrClN2S. The Kier molecular flexibility index (Phi) is 4.16. The fraction of sp³-hybridized carbons (Fsp3) is 0.364. The van der Waals surface area contributed by atoms with Crippen molar-refractivity contribution in [3.8, 4) is 0 Å². The lowest BCUT2D eigenvalue weighted by Gasteiger charge is -2.18. The molecular weight excluding hydrogens is 308 g/mol. The smallest absolute Gasteiger partial charge is 0.161 e. The summed E-state index contributed by atoms with van der Waals surface area (Å²) in [5, 5.41) is 4.93. The van der Waals surface area contributed by atoms with Gasteiger partial charge in [0.2, 0.25) is 0 Å². The van der Waals surface area contributed by atoms with E-state index in [9.17, 15) is 0 Å². The lowest BCUT2D eigenvalue weighted by atomic mass is 10.2. The maximum atomic E-state index is 6.10. The van der Waals surface area contributed by atoms with E-state index in [2.05, 4.69) is 33.2 Å². The molecule has 0 radical (unpaired) electrons. The van der Waals surface area contributed by atoms with Crippen LogP contribution in [0.15, 0.2) is 27.7 Å². The van der Waals surface area contributed by atoms with E-state index in [-0.39, 0.29) is 0 Å². The Bertz CT molecular complexity index is 422. The molecule has 0 saturated carbocycles. The van der Waals surface area contributed by atoms with E-state index in [1.807, 2.05) is 18.2 Å². The number of thioether (sulfide) groups is 1. The van der Waals surface area contributed by atoms with E-state index in [0.29, 0.717) is 10.9 Å². The van der Waals surface area contributed by atoms with Gasteiger partial charge in [0.25, 0.3) is 0 Å². The van der Waals surface area contributed by atoms with Crippen LogP contribution in [0.5, 0.6) is 0 Å². The van der Waals surface area contributed by atoms with E-state index in [1.165, 1.54) is 0 Å². The first kappa shape index (κ1) is 12.3.